The van der Waals surface area contributed by atoms with E-state index in [1.165, 1.54) is 6.07 Å². The fourth-order valence-electron chi connectivity index (χ4n) is 4.16. The first-order valence-electron chi connectivity index (χ1n) is 9.21. The highest BCUT2D eigenvalue weighted by atomic mass is 16.4. The molecule has 28 heavy (non-hydrogen) atoms. The van der Waals surface area contributed by atoms with Gasteiger partial charge in [0.1, 0.15) is 6.04 Å². The molecule has 0 aromatic heterocycles. The summed E-state index contributed by atoms with van der Waals surface area (Å²) in [6.45, 7) is 0.839. The Morgan fingerprint density at radius 2 is 1.89 bits per heavy atom. The standard InChI is InChI=1S/C19H19N3O6/c23-14-7-6-13(16(24)20-14)22-17(25)11-4-1-5-12(15(11)18(22)26)21-8-2-3-10(9-21)19(27)28/h1,4-5,10,13H,2-3,6-9H2,(H,27,28)(H,20,23,24). The van der Waals surface area contributed by atoms with E-state index in [0.717, 1.165) is 4.90 Å². The first-order valence-corrected chi connectivity index (χ1v) is 9.21. The summed E-state index contributed by atoms with van der Waals surface area (Å²) >= 11 is 0. The summed E-state index contributed by atoms with van der Waals surface area (Å²) in [6, 6.07) is 3.86. The molecule has 4 amide bonds. The molecule has 2 fully saturated rings. The van der Waals surface area contributed by atoms with Crippen LogP contribution in [0.3, 0.4) is 0 Å². The van der Waals surface area contributed by atoms with E-state index in [2.05, 4.69) is 5.32 Å². The lowest BCUT2D eigenvalue weighted by Crippen LogP contribution is -2.54. The lowest BCUT2D eigenvalue weighted by Gasteiger charge is -2.33. The van der Waals surface area contributed by atoms with E-state index >= 15 is 0 Å². The summed E-state index contributed by atoms with van der Waals surface area (Å²) in [7, 11) is 0. The van der Waals surface area contributed by atoms with Crippen molar-refractivity contribution in [3.8, 4) is 0 Å². The number of hydrogen-bond donors (Lipinski definition) is 2. The van der Waals surface area contributed by atoms with E-state index in [0.29, 0.717) is 25.1 Å². The Kier molecular flexibility index (Phi) is 4.37. The van der Waals surface area contributed by atoms with Crippen molar-refractivity contribution in [2.45, 2.75) is 31.7 Å². The van der Waals surface area contributed by atoms with Gasteiger partial charge in [-0.3, -0.25) is 34.2 Å². The Labute approximate surface area is 160 Å². The Bertz CT molecular complexity index is 911. The minimum absolute atomic E-state index is 0.0586. The number of rotatable bonds is 3. The van der Waals surface area contributed by atoms with Gasteiger partial charge in [-0.1, -0.05) is 6.07 Å². The van der Waals surface area contributed by atoms with E-state index in [-0.39, 0.29) is 30.5 Å². The monoisotopic (exact) mass is 385 g/mol. The Hall–Kier alpha value is -3.23. The van der Waals surface area contributed by atoms with Crippen molar-refractivity contribution in [3.05, 3.63) is 29.3 Å². The van der Waals surface area contributed by atoms with Crippen LogP contribution in [0.4, 0.5) is 5.69 Å². The molecular weight excluding hydrogens is 366 g/mol. The van der Waals surface area contributed by atoms with Gasteiger partial charge in [0.2, 0.25) is 11.8 Å². The molecule has 0 spiro atoms. The third-order valence-corrected chi connectivity index (χ3v) is 5.56. The first-order chi connectivity index (χ1) is 13.4. The van der Waals surface area contributed by atoms with Crippen molar-refractivity contribution in [3.63, 3.8) is 0 Å². The fourth-order valence-corrected chi connectivity index (χ4v) is 4.16. The number of piperidine rings is 2. The third-order valence-electron chi connectivity index (χ3n) is 5.56. The zero-order valence-electron chi connectivity index (χ0n) is 15.0. The van der Waals surface area contributed by atoms with Crippen LogP contribution in [-0.4, -0.2) is 58.7 Å². The largest absolute Gasteiger partial charge is 0.481 e. The number of benzene rings is 1. The number of nitrogens with zero attached hydrogens (tertiary/aromatic N) is 2. The number of nitrogens with one attached hydrogen (secondary N) is 1. The van der Waals surface area contributed by atoms with Crippen molar-refractivity contribution < 1.29 is 29.1 Å². The smallest absolute Gasteiger partial charge is 0.308 e. The molecule has 146 valence electrons. The molecule has 2 atom stereocenters. The number of carbonyl (C=O) groups is 5. The van der Waals surface area contributed by atoms with Gasteiger partial charge in [0.15, 0.2) is 0 Å². The van der Waals surface area contributed by atoms with Gasteiger partial charge in [0.05, 0.1) is 22.7 Å². The number of amides is 4. The molecule has 9 nitrogen and oxygen atoms in total. The SMILES string of the molecule is O=C1CCC(N2C(=O)c3cccc(N4CCCC(C(=O)O)C4)c3C2=O)C(=O)N1. The second-order valence-corrected chi connectivity index (χ2v) is 7.27. The van der Waals surface area contributed by atoms with Crippen LogP contribution in [-0.2, 0) is 14.4 Å². The van der Waals surface area contributed by atoms with Crippen LogP contribution in [0.25, 0.3) is 0 Å². The van der Waals surface area contributed by atoms with Gasteiger partial charge in [0.25, 0.3) is 11.8 Å². The summed E-state index contributed by atoms with van der Waals surface area (Å²) in [5, 5.41) is 11.5. The molecule has 2 unspecified atom stereocenters. The quantitative estimate of drug-likeness (QED) is 0.721. The topological polar surface area (TPSA) is 124 Å². The van der Waals surface area contributed by atoms with Gasteiger partial charge in [0, 0.05) is 19.5 Å². The van der Waals surface area contributed by atoms with Gasteiger partial charge in [-0.15, -0.1) is 0 Å². The zero-order valence-corrected chi connectivity index (χ0v) is 15.0. The number of imide groups is 2. The zero-order chi connectivity index (χ0) is 20.0. The molecule has 1 aromatic carbocycles. The van der Waals surface area contributed by atoms with Crippen LogP contribution in [0.5, 0.6) is 0 Å². The van der Waals surface area contributed by atoms with Gasteiger partial charge in [-0.25, -0.2) is 0 Å². The number of carboxylic acids is 1. The average Bonchev–Trinajstić information content (AvgIpc) is 2.93. The Morgan fingerprint density at radius 1 is 1.11 bits per heavy atom. The first kappa shape index (κ1) is 18.1. The van der Waals surface area contributed by atoms with Gasteiger partial charge >= 0.3 is 5.97 Å². The predicted molar refractivity (Wildman–Crippen MR) is 95.7 cm³/mol. The molecule has 0 radical (unpaired) electrons. The molecule has 0 bridgehead atoms. The van der Waals surface area contributed by atoms with Crippen molar-refractivity contribution >= 4 is 35.3 Å². The number of carboxylic acid groups (broad SMARTS) is 1. The Balaban J connectivity index is 1.67. The second-order valence-electron chi connectivity index (χ2n) is 7.27. The summed E-state index contributed by atoms with van der Waals surface area (Å²) in [6.07, 6.45) is 1.38. The van der Waals surface area contributed by atoms with Crippen LogP contribution in [0.2, 0.25) is 0 Å². The van der Waals surface area contributed by atoms with E-state index in [1.807, 2.05) is 4.90 Å². The minimum atomic E-state index is -1.02. The molecule has 2 N–H and O–H groups in total. The molecular formula is C19H19N3O6. The van der Waals surface area contributed by atoms with Crippen molar-refractivity contribution in [2.75, 3.05) is 18.0 Å². The number of aliphatic carboxylic acids is 1. The molecule has 9 heteroatoms. The molecule has 3 heterocycles. The summed E-state index contributed by atoms with van der Waals surface area (Å²) < 4.78 is 0. The molecule has 1 aromatic rings. The number of carbonyl (C=O) groups excluding carboxylic acids is 4. The highest BCUT2D eigenvalue weighted by molar-refractivity contribution is 6.25. The van der Waals surface area contributed by atoms with Gasteiger partial charge < -0.3 is 10.0 Å². The number of fused-ring (bicyclic) bond motifs is 1. The van der Waals surface area contributed by atoms with E-state index < -0.39 is 41.6 Å². The van der Waals surface area contributed by atoms with E-state index in [9.17, 15) is 29.1 Å². The van der Waals surface area contributed by atoms with Crippen molar-refractivity contribution in [1.82, 2.24) is 10.2 Å². The fraction of sp³-hybridized carbons (Fsp3) is 0.421. The Morgan fingerprint density at radius 3 is 2.61 bits per heavy atom. The van der Waals surface area contributed by atoms with Crippen molar-refractivity contribution in [1.29, 1.82) is 0 Å². The maximum absolute atomic E-state index is 13.1. The highest BCUT2D eigenvalue weighted by Crippen LogP contribution is 2.35. The maximum atomic E-state index is 13.1. The van der Waals surface area contributed by atoms with Crippen LogP contribution in [0, 0.1) is 5.92 Å². The lowest BCUT2D eigenvalue weighted by atomic mass is 9.96. The normalized spacial score (nSPS) is 25.0. The van der Waals surface area contributed by atoms with Crippen LogP contribution >= 0.6 is 0 Å². The molecule has 0 saturated carbocycles. The number of anilines is 1. The van der Waals surface area contributed by atoms with Gasteiger partial charge in [-0.2, -0.15) is 0 Å². The number of hydrogen-bond acceptors (Lipinski definition) is 6. The van der Waals surface area contributed by atoms with Crippen LogP contribution < -0.4 is 10.2 Å². The maximum Gasteiger partial charge on any atom is 0.308 e. The highest BCUT2D eigenvalue weighted by Gasteiger charge is 2.46. The predicted octanol–water partition coefficient (Wildman–Crippen LogP) is 0.389. The molecule has 3 aliphatic rings. The lowest BCUT2D eigenvalue weighted by molar-refractivity contribution is -0.142. The van der Waals surface area contributed by atoms with Crippen molar-refractivity contribution in [2.24, 2.45) is 5.92 Å². The summed E-state index contributed by atoms with van der Waals surface area (Å²) in [4.78, 5) is 63.7. The summed E-state index contributed by atoms with van der Waals surface area (Å²) in [5.74, 6) is -3.65. The van der Waals surface area contributed by atoms with Crippen LogP contribution in [0.15, 0.2) is 18.2 Å². The molecule has 0 aliphatic carbocycles. The molecule has 2 saturated heterocycles. The molecule has 3 aliphatic heterocycles. The van der Waals surface area contributed by atoms with E-state index in [4.69, 9.17) is 0 Å². The second kappa shape index (κ2) is 6.74. The summed E-state index contributed by atoms with van der Waals surface area (Å²) in [5.41, 5.74) is 0.907. The van der Waals surface area contributed by atoms with E-state index in [1.54, 1.807) is 12.1 Å². The minimum Gasteiger partial charge on any atom is -0.481 e. The van der Waals surface area contributed by atoms with Gasteiger partial charge in [-0.05, 0) is 31.4 Å². The third kappa shape index (κ3) is 2.83. The average molecular weight is 385 g/mol. The molecule has 4 rings (SSSR count). The van der Waals surface area contributed by atoms with Crippen LogP contribution in [0.1, 0.15) is 46.4 Å².